The van der Waals surface area contributed by atoms with Gasteiger partial charge in [0.25, 0.3) is 0 Å². The van der Waals surface area contributed by atoms with E-state index in [1.165, 1.54) is 5.56 Å². The molecule has 0 aliphatic heterocycles. The van der Waals surface area contributed by atoms with Gasteiger partial charge in [-0.15, -0.1) is 0 Å². The highest BCUT2D eigenvalue weighted by atomic mass is 35.5. The standard InChI is InChI=1S/C13H15ClO/c14-13-9-7-12(8-10-13)6-4-2-1-3-5-11-15/h1-2,7-11H,3-6H2/b2-1+. The van der Waals surface area contributed by atoms with Crippen LogP contribution in [0.1, 0.15) is 24.8 Å². The minimum atomic E-state index is 0.622. The van der Waals surface area contributed by atoms with Crippen LogP contribution in [0, 0.1) is 0 Å². The van der Waals surface area contributed by atoms with Gasteiger partial charge >= 0.3 is 0 Å². The maximum atomic E-state index is 10.0. The van der Waals surface area contributed by atoms with E-state index in [0.717, 1.165) is 30.6 Å². The van der Waals surface area contributed by atoms with Crippen molar-refractivity contribution in [2.75, 3.05) is 0 Å². The molecule has 1 aromatic carbocycles. The SMILES string of the molecule is O=CCC/C=C/CCc1ccc(Cl)cc1. The summed E-state index contributed by atoms with van der Waals surface area (Å²) in [6.45, 7) is 0. The molecule has 0 heterocycles. The lowest BCUT2D eigenvalue weighted by Gasteiger charge is -1.97. The first kappa shape index (κ1) is 12.0. The number of rotatable bonds is 6. The van der Waals surface area contributed by atoms with Gasteiger partial charge in [-0.2, -0.15) is 0 Å². The van der Waals surface area contributed by atoms with Gasteiger partial charge in [-0.25, -0.2) is 0 Å². The normalized spacial score (nSPS) is 10.7. The van der Waals surface area contributed by atoms with Crippen molar-refractivity contribution < 1.29 is 4.79 Å². The Labute approximate surface area is 95.8 Å². The quantitative estimate of drug-likeness (QED) is 0.407. The number of unbranched alkanes of at least 4 members (excludes halogenated alkanes) is 1. The second-order valence-electron chi connectivity index (χ2n) is 3.38. The zero-order chi connectivity index (χ0) is 10.9. The van der Waals surface area contributed by atoms with Gasteiger partial charge in [0, 0.05) is 11.4 Å². The van der Waals surface area contributed by atoms with Crippen molar-refractivity contribution in [3.05, 3.63) is 47.0 Å². The van der Waals surface area contributed by atoms with E-state index < -0.39 is 0 Å². The summed E-state index contributed by atoms with van der Waals surface area (Å²) in [7, 11) is 0. The Bertz CT molecular complexity index is 314. The smallest absolute Gasteiger partial charge is 0.120 e. The lowest BCUT2D eigenvalue weighted by molar-refractivity contribution is -0.107. The third-order valence-electron chi connectivity index (χ3n) is 2.13. The van der Waals surface area contributed by atoms with Crippen molar-refractivity contribution in [3.8, 4) is 0 Å². The van der Waals surface area contributed by atoms with E-state index in [1.54, 1.807) is 0 Å². The summed E-state index contributed by atoms with van der Waals surface area (Å²) in [6, 6.07) is 7.91. The van der Waals surface area contributed by atoms with E-state index in [2.05, 4.69) is 12.2 Å². The topological polar surface area (TPSA) is 17.1 Å². The summed E-state index contributed by atoms with van der Waals surface area (Å²) >= 11 is 5.78. The van der Waals surface area contributed by atoms with E-state index in [4.69, 9.17) is 11.6 Å². The third kappa shape index (κ3) is 5.38. The van der Waals surface area contributed by atoms with Gasteiger partial charge in [0.1, 0.15) is 6.29 Å². The van der Waals surface area contributed by atoms with Crippen LogP contribution in [0.3, 0.4) is 0 Å². The van der Waals surface area contributed by atoms with Crippen LogP contribution < -0.4 is 0 Å². The zero-order valence-electron chi connectivity index (χ0n) is 8.66. The molecule has 1 aromatic rings. The summed E-state index contributed by atoms with van der Waals surface area (Å²) in [5.41, 5.74) is 1.29. The molecule has 0 saturated carbocycles. The van der Waals surface area contributed by atoms with Crippen molar-refractivity contribution >= 4 is 17.9 Å². The molecular weight excluding hydrogens is 208 g/mol. The molecule has 0 unspecified atom stereocenters. The minimum absolute atomic E-state index is 0.622. The Morgan fingerprint density at radius 2 is 1.67 bits per heavy atom. The van der Waals surface area contributed by atoms with Gasteiger partial charge in [-0.1, -0.05) is 35.9 Å². The van der Waals surface area contributed by atoms with Crippen LogP contribution in [0.15, 0.2) is 36.4 Å². The molecule has 0 atom stereocenters. The first-order valence-corrected chi connectivity index (χ1v) is 5.54. The van der Waals surface area contributed by atoms with Crippen molar-refractivity contribution in [3.63, 3.8) is 0 Å². The summed E-state index contributed by atoms with van der Waals surface area (Å²) in [4.78, 5) is 10.0. The number of aryl methyl sites for hydroxylation is 1. The molecule has 0 N–H and O–H groups in total. The maximum Gasteiger partial charge on any atom is 0.120 e. The van der Waals surface area contributed by atoms with Crippen LogP contribution in [0.2, 0.25) is 5.02 Å². The van der Waals surface area contributed by atoms with Crippen molar-refractivity contribution in [2.45, 2.75) is 25.7 Å². The summed E-state index contributed by atoms with van der Waals surface area (Å²) in [5, 5.41) is 0.778. The van der Waals surface area contributed by atoms with Crippen LogP contribution >= 0.6 is 11.6 Å². The molecule has 2 heteroatoms. The Balaban J connectivity index is 2.22. The molecule has 0 spiro atoms. The molecule has 0 aliphatic rings. The number of carbonyl (C=O) groups is 1. The average Bonchev–Trinajstić information content (AvgIpc) is 2.26. The Morgan fingerprint density at radius 3 is 2.33 bits per heavy atom. The molecule has 1 rings (SSSR count). The third-order valence-corrected chi connectivity index (χ3v) is 2.38. The average molecular weight is 223 g/mol. The Morgan fingerprint density at radius 1 is 1.00 bits per heavy atom. The molecular formula is C13H15ClO. The Kier molecular flexibility index (Phi) is 5.79. The van der Waals surface area contributed by atoms with Crippen molar-refractivity contribution in [2.24, 2.45) is 0 Å². The van der Waals surface area contributed by atoms with Crippen LogP contribution in [-0.4, -0.2) is 6.29 Å². The van der Waals surface area contributed by atoms with E-state index in [-0.39, 0.29) is 0 Å². The Hall–Kier alpha value is -1.08. The minimum Gasteiger partial charge on any atom is -0.303 e. The molecule has 0 aliphatic carbocycles. The molecule has 0 bridgehead atoms. The number of hydrogen-bond acceptors (Lipinski definition) is 1. The van der Waals surface area contributed by atoms with Gasteiger partial charge < -0.3 is 4.79 Å². The fourth-order valence-electron chi connectivity index (χ4n) is 1.30. The number of allylic oxidation sites excluding steroid dienone is 2. The van der Waals surface area contributed by atoms with E-state index in [9.17, 15) is 4.79 Å². The van der Waals surface area contributed by atoms with Gasteiger partial charge in [0.2, 0.25) is 0 Å². The van der Waals surface area contributed by atoms with Gasteiger partial charge in [-0.3, -0.25) is 0 Å². The first-order chi connectivity index (χ1) is 7.33. The predicted octanol–water partition coefficient (Wildman–Crippen LogP) is 3.81. The number of hydrogen-bond donors (Lipinski definition) is 0. The van der Waals surface area contributed by atoms with Crippen molar-refractivity contribution in [1.82, 2.24) is 0 Å². The molecule has 1 nitrogen and oxygen atoms in total. The van der Waals surface area contributed by atoms with Crippen LogP contribution in [-0.2, 0) is 11.2 Å². The fraction of sp³-hybridized carbons (Fsp3) is 0.308. The lowest BCUT2D eigenvalue weighted by Crippen LogP contribution is -1.82. The fourth-order valence-corrected chi connectivity index (χ4v) is 1.43. The zero-order valence-corrected chi connectivity index (χ0v) is 9.41. The van der Waals surface area contributed by atoms with Crippen LogP contribution in [0.4, 0.5) is 0 Å². The predicted molar refractivity (Wildman–Crippen MR) is 64.2 cm³/mol. The van der Waals surface area contributed by atoms with Gasteiger partial charge in [-0.05, 0) is 37.0 Å². The highest BCUT2D eigenvalue weighted by Crippen LogP contribution is 2.11. The lowest BCUT2D eigenvalue weighted by atomic mass is 10.1. The second-order valence-corrected chi connectivity index (χ2v) is 3.82. The second kappa shape index (κ2) is 7.24. The highest BCUT2D eigenvalue weighted by Gasteiger charge is 1.91. The molecule has 15 heavy (non-hydrogen) atoms. The molecule has 0 aromatic heterocycles. The summed E-state index contributed by atoms with van der Waals surface area (Å²) in [6.07, 6.45) is 8.64. The monoisotopic (exact) mass is 222 g/mol. The molecule has 0 fully saturated rings. The molecule has 0 saturated heterocycles. The van der Waals surface area contributed by atoms with Crippen molar-refractivity contribution in [1.29, 1.82) is 0 Å². The molecule has 80 valence electrons. The maximum absolute atomic E-state index is 10.0. The summed E-state index contributed by atoms with van der Waals surface area (Å²) in [5.74, 6) is 0. The molecule has 0 amide bonds. The number of aldehydes is 1. The van der Waals surface area contributed by atoms with Gasteiger partial charge in [0.05, 0.1) is 0 Å². The number of benzene rings is 1. The van der Waals surface area contributed by atoms with E-state index in [1.807, 2.05) is 24.3 Å². The summed E-state index contributed by atoms with van der Waals surface area (Å²) < 4.78 is 0. The first-order valence-electron chi connectivity index (χ1n) is 5.16. The van der Waals surface area contributed by atoms with E-state index >= 15 is 0 Å². The van der Waals surface area contributed by atoms with Crippen LogP contribution in [0.5, 0.6) is 0 Å². The highest BCUT2D eigenvalue weighted by molar-refractivity contribution is 6.30. The largest absolute Gasteiger partial charge is 0.303 e. The number of carbonyl (C=O) groups excluding carboxylic acids is 1. The van der Waals surface area contributed by atoms with Gasteiger partial charge in [0.15, 0.2) is 0 Å². The molecule has 0 radical (unpaired) electrons. The number of halogens is 1. The van der Waals surface area contributed by atoms with Crippen LogP contribution in [0.25, 0.3) is 0 Å². The van der Waals surface area contributed by atoms with E-state index in [0.29, 0.717) is 6.42 Å².